The lowest BCUT2D eigenvalue weighted by Crippen LogP contribution is -2.36. The molecule has 0 aliphatic heterocycles. The Bertz CT molecular complexity index is 372. The van der Waals surface area contributed by atoms with E-state index in [0.29, 0.717) is 12.4 Å². The number of nitrogens with two attached hydrogens (primary N) is 1. The normalized spacial score (nSPS) is 12.2. The first-order valence-corrected chi connectivity index (χ1v) is 5.91. The molecule has 17 heavy (non-hydrogen) atoms. The molecule has 0 fully saturated rings. The first kappa shape index (κ1) is 13.6. The molecule has 1 atom stereocenters. The van der Waals surface area contributed by atoms with Crippen molar-refractivity contribution in [3.8, 4) is 0 Å². The molecule has 5 heteroatoms. The Morgan fingerprint density at radius 3 is 2.53 bits per heavy atom. The molecule has 94 valence electrons. The van der Waals surface area contributed by atoms with Crippen molar-refractivity contribution in [3.63, 3.8) is 0 Å². The summed E-state index contributed by atoms with van der Waals surface area (Å²) in [5.74, 6) is 0.114. The van der Waals surface area contributed by atoms with E-state index >= 15 is 0 Å². The third kappa shape index (κ3) is 4.48. The van der Waals surface area contributed by atoms with Crippen LogP contribution < -0.4 is 11.1 Å². The summed E-state index contributed by atoms with van der Waals surface area (Å²) in [7, 11) is 0. The van der Waals surface area contributed by atoms with Crippen molar-refractivity contribution in [1.29, 1.82) is 0 Å². The Morgan fingerprint density at radius 1 is 1.41 bits per heavy atom. The Labute approximate surface area is 102 Å². The van der Waals surface area contributed by atoms with E-state index in [1.807, 2.05) is 19.9 Å². The SMILES string of the molecule is CCCCC(N)C(=O)Nc1nc(C)cc(C)n1. The van der Waals surface area contributed by atoms with Gasteiger partial charge in [-0.15, -0.1) is 0 Å². The molecule has 0 spiro atoms. The monoisotopic (exact) mass is 236 g/mol. The first-order chi connectivity index (χ1) is 8.02. The maximum Gasteiger partial charge on any atom is 0.243 e. The second kappa shape index (κ2) is 6.30. The quantitative estimate of drug-likeness (QED) is 0.812. The van der Waals surface area contributed by atoms with E-state index in [4.69, 9.17) is 5.73 Å². The van der Waals surface area contributed by atoms with Crippen LogP contribution in [-0.4, -0.2) is 21.9 Å². The number of nitrogens with one attached hydrogen (secondary N) is 1. The molecule has 3 N–H and O–H groups in total. The maximum atomic E-state index is 11.7. The number of rotatable bonds is 5. The molecule has 1 unspecified atom stereocenters. The Hall–Kier alpha value is -1.49. The zero-order valence-electron chi connectivity index (χ0n) is 10.7. The van der Waals surface area contributed by atoms with Crippen molar-refractivity contribution in [3.05, 3.63) is 17.5 Å². The fourth-order valence-electron chi connectivity index (χ4n) is 1.54. The molecule has 0 aliphatic rings. The zero-order chi connectivity index (χ0) is 12.8. The summed E-state index contributed by atoms with van der Waals surface area (Å²) >= 11 is 0. The lowest BCUT2D eigenvalue weighted by Gasteiger charge is -2.11. The summed E-state index contributed by atoms with van der Waals surface area (Å²) in [6.45, 7) is 5.79. The second-order valence-corrected chi connectivity index (χ2v) is 4.21. The topological polar surface area (TPSA) is 80.9 Å². The Balaban J connectivity index is 2.61. The number of carbonyl (C=O) groups is 1. The van der Waals surface area contributed by atoms with Gasteiger partial charge in [0.05, 0.1) is 6.04 Å². The molecule has 0 saturated carbocycles. The van der Waals surface area contributed by atoms with Gasteiger partial charge in [-0.25, -0.2) is 9.97 Å². The van der Waals surface area contributed by atoms with Crippen LogP contribution in [0.15, 0.2) is 6.07 Å². The molecule has 0 saturated heterocycles. The van der Waals surface area contributed by atoms with Crippen molar-refractivity contribution < 1.29 is 4.79 Å². The highest BCUT2D eigenvalue weighted by atomic mass is 16.2. The number of hydrogen-bond acceptors (Lipinski definition) is 4. The van der Waals surface area contributed by atoms with Crippen molar-refractivity contribution in [2.75, 3.05) is 5.32 Å². The van der Waals surface area contributed by atoms with Crippen LogP contribution in [0.2, 0.25) is 0 Å². The van der Waals surface area contributed by atoms with Crippen molar-refractivity contribution in [1.82, 2.24) is 9.97 Å². The molecule has 1 amide bonds. The molecule has 1 heterocycles. The number of amides is 1. The van der Waals surface area contributed by atoms with Gasteiger partial charge in [-0.05, 0) is 26.3 Å². The molecular weight excluding hydrogens is 216 g/mol. The Morgan fingerprint density at radius 2 is 2.00 bits per heavy atom. The molecule has 1 rings (SSSR count). The minimum atomic E-state index is -0.487. The second-order valence-electron chi connectivity index (χ2n) is 4.21. The van der Waals surface area contributed by atoms with Crippen molar-refractivity contribution in [2.24, 2.45) is 5.73 Å². The average Bonchev–Trinajstić information content (AvgIpc) is 2.24. The smallest absolute Gasteiger partial charge is 0.243 e. The van der Waals surface area contributed by atoms with Gasteiger partial charge >= 0.3 is 0 Å². The highest BCUT2D eigenvalue weighted by Crippen LogP contribution is 2.05. The number of unbranched alkanes of at least 4 members (excludes halogenated alkanes) is 1. The number of anilines is 1. The van der Waals surface area contributed by atoms with Crippen LogP contribution in [0.1, 0.15) is 37.6 Å². The van der Waals surface area contributed by atoms with Gasteiger partial charge in [0.15, 0.2) is 0 Å². The first-order valence-electron chi connectivity index (χ1n) is 5.91. The summed E-state index contributed by atoms with van der Waals surface area (Å²) < 4.78 is 0. The predicted octanol–water partition coefficient (Wildman–Crippen LogP) is 1.55. The van der Waals surface area contributed by atoms with E-state index in [1.165, 1.54) is 0 Å². The third-order valence-electron chi connectivity index (χ3n) is 2.42. The summed E-state index contributed by atoms with van der Waals surface area (Å²) in [5.41, 5.74) is 7.42. The van der Waals surface area contributed by atoms with E-state index < -0.39 is 6.04 Å². The van der Waals surface area contributed by atoms with Crippen LogP contribution in [0.4, 0.5) is 5.95 Å². The molecule has 0 bridgehead atoms. The van der Waals surface area contributed by atoms with Crippen molar-refractivity contribution >= 4 is 11.9 Å². The summed E-state index contributed by atoms with van der Waals surface area (Å²) in [4.78, 5) is 20.0. The fourth-order valence-corrected chi connectivity index (χ4v) is 1.54. The van der Waals surface area contributed by atoms with Crippen LogP contribution in [-0.2, 0) is 4.79 Å². The summed E-state index contributed by atoms with van der Waals surface area (Å²) in [6, 6.07) is 1.37. The average molecular weight is 236 g/mol. The maximum absolute atomic E-state index is 11.7. The summed E-state index contributed by atoms with van der Waals surface area (Å²) in [5, 5.41) is 2.65. The molecular formula is C12H20N4O. The zero-order valence-corrected chi connectivity index (χ0v) is 10.7. The van der Waals surface area contributed by atoms with E-state index in [1.54, 1.807) is 0 Å². The minimum Gasteiger partial charge on any atom is -0.320 e. The van der Waals surface area contributed by atoms with E-state index in [-0.39, 0.29) is 5.91 Å². The highest BCUT2D eigenvalue weighted by Gasteiger charge is 2.14. The van der Waals surface area contributed by atoms with E-state index in [2.05, 4.69) is 22.2 Å². The molecule has 5 nitrogen and oxygen atoms in total. The van der Waals surface area contributed by atoms with Gasteiger partial charge < -0.3 is 5.73 Å². The molecule has 0 aromatic carbocycles. The van der Waals surface area contributed by atoms with E-state index in [9.17, 15) is 4.79 Å². The van der Waals surface area contributed by atoms with Crippen LogP contribution in [0.3, 0.4) is 0 Å². The standard InChI is InChI=1S/C12H20N4O/c1-4-5-6-10(13)11(17)16-12-14-8(2)7-9(3)15-12/h7,10H,4-6,13H2,1-3H3,(H,14,15,16,17). The largest absolute Gasteiger partial charge is 0.320 e. The van der Waals surface area contributed by atoms with Gasteiger partial charge in [0, 0.05) is 11.4 Å². The number of aryl methyl sites for hydroxylation is 2. The third-order valence-corrected chi connectivity index (χ3v) is 2.42. The van der Waals surface area contributed by atoms with Gasteiger partial charge in [-0.1, -0.05) is 19.8 Å². The molecule has 0 aliphatic carbocycles. The van der Waals surface area contributed by atoms with E-state index in [0.717, 1.165) is 24.2 Å². The van der Waals surface area contributed by atoms with Gasteiger partial charge in [0.1, 0.15) is 0 Å². The fraction of sp³-hybridized carbons (Fsp3) is 0.583. The van der Waals surface area contributed by atoms with Crippen LogP contribution in [0.25, 0.3) is 0 Å². The predicted molar refractivity (Wildman–Crippen MR) is 67.6 cm³/mol. The molecule has 0 radical (unpaired) electrons. The lowest BCUT2D eigenvalue weighted by molar-refractivity contribution is -0.117. The lowest BCUT2D eigenvalue weighted by atomic mass is 10.1. The van der Waals surface area contributed by atoms with Gasteiger partial charge in [0.25, 0.3) is 0 Å². The number of nitrogens with zero attached hydrogens (tertiary/aromatic N) is 2. The number of aromatic nitrogens is 2. The van der Waals surface area contributed by atoms with Gasteiger partial charge in [-0.2, -0.15) is 0 Å². The van der Waals surface area contributed by atoms with Gasteiger partial charge in [-0.3, -0.25) is 10.1 Å². The molecule has 1 aromatic rings. The van der Waals surface area contributed by atoms with Gasteiger partial charge in [0.2, 0.25) is 11.9 Å². The minimum absolute atomic E-state index is 0.219. The van der Waals surface area contributed by atoms with Crippen molar-refractivity contribution in [2.45, 2.75) is 46.1 Å². The Kier molecular flexibility index (Phi) is 5.03. The highest BCUT2D eigenvalue weighted by molar-refractivity contribution is 5.93. The number of hydrogen-bond donors (Lipinski definition) is 2. The molecule has 1 aromatic heterocycles. The van der Waals surface area contributed by atoms with Crippen LogP contribution in [0, 0.1) is 13.8 Å². The van der Waals surface area contributed by atoms with Crippen LogP contribution >= 0.6 is 0 Å². The summed E-state index contributed by atoms with van der Waals surface area (Å²) in [6.07, 6.45) is 2.66. The number of carbonyl (C=O) groups excluding carboxylic acids is 1. The van der Waals surface area contributed by atoms with Crippen LogP contribution in [0.5, 0.6) is 0 Å².